The standard InChI is InChI=1S/C19H28N4O3S2/c1-6-20-19(23(4)14-15-9-7-8-10-17(15)26-5)21-13-16-11-12-18(27-16)28(24,25)22(2)3/h7-12H,6,13-14H2,1-5H3,(H,20,21). The Hall–Kier alpha value is -2.10. The van der Waals surface area contributed by atoms with Crippen LogP contribution in [0.4, 0.5) is 0 Å². The number of nitrogens with zero attached hydrogens (tertiary/aromatic N) is 3. The summed E-state index contributed by atoms with van der Waals surface area (Å²) < 4.78 is 31.4. The number of hydrogen-bond acceptors (Lipinski definition) is 5. The van der Waals surface area contributed by atoms with Gasteiger partial charge < -0.3 is 15.0 Å². The fourth-order valence-electron chi connectivity index (χ4n) is 2.55. The van der Waals surface area contributed by atoms with Gasteiger partial charge in [-0.1, -0.05) is 18.2 Å². The van der Waals surface area contributed by atoms with Crippen LogP contribution in [0.2, 0.25) is 0 Å². The highest BCUT2D eigenvalue weighted by Crippen LogP contribution is 2.24. The van der Waals surface area contributed by atoms with Crippen molar-refractivity contribution in [2.24, 2.45) is 4.99 Å². The molecule has 0 radical (unpaired) electrons. The number of nitrogens with one attached hydrogen (secondary N) is 1. The van der Waals surface area contributed by atoms with E-state index in [1.165, 1.54) is 29.7 Å². The molecule has 0 spiro atoms. The molecule has 0 aliphatic carbocycles. The molecule has 0 saturated heterocycles. The second-order valence-electron chi connectivity index (χ2n) is 6.35. The number of benzene rings is 1. The molecule has 1 aromatic heterocycles. The van der Waals surface area contributed by atoms with Crippen molar-refractivity contribution in [1.29, 1.82) is 0 Å². The molecule has 0 amide bonds. The maximum atomic E-state index is 12.2. The van der Waals surface area contributed by atoms with Crippen molar-refractivity contribution < 1.29 is 13.2 Å². The summed E-state index contributed by atoms with van der Waals surface area (Å²) >= 11 is 1.25. The van der Waals surface area contributed by atoms with Gasteiger partial charge in [0.1, 0.15) is 9.96 Å². The zero-order chi connectivity index (χ0) is 20.7. The van der Waals surface area contributed by atoms with Crippen LogP contribution in [0.3, 0.4) is 0 Å². The highest BCUT2D eigenvalue weighted by Gasteiger charge is 2.19. The lowest BCUT2D eigenvalue weighted by atomic mass is 10.2. The first-order valence-electron chi connectivity index (χ1n) is 8.92. The maximum Gasteiger partial charge on any atom is 0.252 e. The van der Waals surface area contributed by atoms with E-state index in [1.807, 2.05) is 49.2 Å². The molecule has 9 heteroatoms. The van der Waals surface area contributed by atoms with Gasteiger partial charge >= 0.3 is 0 Å². The Kier molecular flexibility index (Phi) is 7.85. The fraction of sp³-hybridized carbons (Fsp3) is 0.421. The van der Waals surface area contributed by atoms with Gasteiger partial charge in [-0.15, -0.1) is 11.3 Å². The molecule has 28 heavy (non-hydrogen) atoms. The lowest BCUT2D eigenvalue weighted by molar-refractivity contribution is 0.396. The molecule has 0 saturated carbocycles. The first-order chi connectivity index (χ1) is 13.3. The van der Waals surface area contributed by atoms with Gasteiger partial charge in [0.15, 0.2) is 5.96 Å². The molecule has 2 aromatic rings. The molecule has 7 nitrogen and oxygen atoms in total. The Morgan fingerprint density at radius 1 is 1.18 bits per heavy atom. The number of aliphatic imine (C=N–C) groups is 1. The number of sulfonamides is 1. The molecule has 154 valence electrons. The van der Waals surface area contributed by atoms with Crippen molar-refractivity contribution in [1.82, 2.24) is 14.5 Å². The van der Waals surface area contributed by atoms with Gasteiger partial charge in [-0.3, -0.25) is 0 Å². The van der Waals surface area contributed by atoms with Crippen LogP contribution in [0.15, 0.2) is 45.6 Å². The molecule has 0 unspecified atom stereocenters. The largest absolute Gasteiger partial charge is 0.496 e. The number of hydrogen-bond donors (Lipinski definition) is 1. The summed E-state index contributed by atoms with van der Waals surface area (Å²) in [6.45, 7) is 3.80. The molecule has 2 rings (SSSR count). The third-order valence-electron chi connectivity index (χ3n) is 4.05. The highest BCUT2D eigenvalue weighted by atomic mass is 32.2. The van der Waals surface area contributed by atoms with E-state index in [1.54, 1.807) is 13.2 Å². The maximum absolute atomic E-state index is 12.2. The number of guanidine groups is 1. The molecule has 1 N–H and O–H groups in total. The van der Waals surface area contributed by atoms with Gasteiger partial charge in [-0.2, -0.15) is 0 Å². The van der Waals surface area contributed by atoms with Gasteiger partial charge in [0, 0.05) is 44.7 Å². The van der Waals surface area contributed by atoms with E-state index >= 15 is 0 Å². The van der Waals surface area contributed by atoms with Gasteiger partial charge in [0.05, 0.1) is 13.7 Å². The quantitative estimate of drug-likeness (QED) is 0.521. The Bertz CT molecular complexity index is 907. The minimum atomic E-state index is -3.41. The summed E-state index contributed by atoms with van der Waals surface area (Å²) in [5, 5.41) is 3.28. The Morgan fingerprint density at radius 2 is 1.89 bits per heavy atom. The van der Waals surface area contributed by atoms with E-state index in [4.69, 9.17) is 4.74 Å². The van der Waals surface area contributed by atoms with Crippen molar-refractivity contribution in [3.05, 3.63) is 46.8 Å². The molecule has 0 atom stereocenters. The number of ether oxygens (including phenoxy) is 1. The second-order valence-corrected chi connectivity index (χ2v) is 9.89. The van der Waals surface area contributed by atoms with Crippen molar-refractivity contribution >= 4 is 27.3 Å². The van der Waals surface area contributed by atoms with Crippen molar-refractivity contribution in [3.8, 4) is 5.75 Å². The van der Waals surface area contributed by atoms with E-state index in [-0.39, 0.29) is 0 Å². The molecule has 1 heterocycles. The average Bonchev–Trinajstić information content (AvgIpc) is 3.15. The van der Waals surface area contributed by atoms with Crippen molar-refractivity contribution in [2.75, 3.05) is 34.8 Å². The van der Waals surface area contributed by atoms with Gasteiger partial charge in [0.2, 0.25) is 0 Å². The minimum absolute atomic E-state index is 0.329. The number of rotatable bonds is 8. The smallest absolute Gasteiger partial charge is 0.252 e. The first-order valence-corrected chi connectivity index (χ1v) is 11.2. The summed E-state index contributed by atoms with van der Waals surface area (Å²) in [6.07, 6.45) is 0. The van der Waals surface area contributed by atoms with Gasteiger partial charge in [-0.25, -0.2) is 17.7 Å². The van der Waals surface area contributed by atoms with E-state index in [2.05, 4.69) is 10.3 Å². The predicted molar refractivity (Wildman–Crippen MR) is 114 cm³/mol. The Balaban J connectivity index is 2.15. The normalized spacial score (nSPS) is 12.3. The predicted octanol–water partition coefficient (Wildman–Crippen LogP) is 2.60. The zero-order valence-electron chi connectivity index (χ0n) is 17.0. The third kappa shape index (κ3) is 5.46. The summed E-state index contributed by atoms with van der Waals surface area (Å²) in [4.78, 5) is 7.58. The molecular formula is C19H28N4O3S2. The van der Waals surface area contributed by atoms with Gasteiger partial charge in [0.25, 0.3) is 10.0 Å². The van der Waals surface area contributed by atoms with E-state index in [9.17, 15) is 8.42 Å². The summed E-state index contributed by atoms with van der Waals surface area (Å²) in [6, 6.07) is 11.3. The second kappa shape index (κ2) is 9.90. The van der Waals surface area contributed by atoms with Gasteiger partial charge in [-0.05, 0) is 25.1 Å². The Morgan fingerprint density at radius 3 is 2.54 bits per heavy atom. The Labute approximate surface area is 171 Å². The van der Waals surface area contributed by atoms with Crippen LogP contribution in [0.25, 0.3) is 0 Å². The molecule has 0 bridgehead atoms. The average molecular weight is 425 g/mol. The molecule has 0 fully saturated rings. The lowest BCUT2D eigenvalue weighted by Crippen LogP contribution is -2.38. The number of thiophene rings is 1. The third-order valence-corrected chi connectivity index (χ3v) is 7.41. The van der Waals surface area contributed by atoms with Crippen LogP contribution in [0, 0.1) is 0 Å². The summed E-state index contributed by atoms with van der Waals surface area (Å²) in [5.41, 5.74) is 1.06. The monoisotopic (exact) mass is 424 g/mol. The van der Waals surface area contributed by atoms with Crippen LogP contribution in [-0.2, 0) is 23.1 Å². The van der Waals surface area contributed by atoms with Crippen LogP contribution in [0.1, 0.15) is 17.4 Å². The van der Waals surface area contributed by atoms with Crippen LogP contribution < -0.4 is 10.1 Å². The minimum Gasteiger partial charge on any atom is -0.496 e. The topological polar surface area (TPSA) is 74.2 Å². The highest BCUT2D eigenvalue weighted by molar-refractivity contribution is 7.91. The lowest BCUT2D eigenvalue weighted by Gasteiger charge is -2.23. The zero-order valence-corrected chi connectivity index (χ0v) is 18.6. The van der Waals surface area contributed by atoms with Crippen molar-refractivity contribution in [3.63, 3.8) is 0 Å². The molecule has 1 aromatic carbocycles. The summed E-state index contributed by atoms with van der Waals surface area (Å²) in [5.74, 6) is 1.58. The van der Waals surface area contributed by atoms with Crippen LogP contribution >= 0.6 is 11.3 Å². The fourth-order valence-corrected chi connectivity index (χ4v) is 5.00. The van der Waals surface area contributed by atoms with Crippen molar-refractivity contribution in [2.45, 2.75) is 24.2 Å². The van der Waals surface area contributed by atoms with E-state index in [0.717, 1.165) is 28.7 Å². The molecule has 0 aliphatic heterocycles. The summed E-state index contributed by atoms with van der Waals surface area (Å²) in [7, 11) is 3.28. The SMILES string of the molecule is CCNC(=NCc1ccc(S(=O)(=O)N(C)C)s1)N(C)Cc1ccccc1OC. The number of para-hydroxylation sites is 1. The van der Waals surface area contributed by atoms with Crippen LogP contribution in [0.5, 0.6) is 5.75 Å². The van der Waals surface area contributed by atoms with E-state index in [0.29, 0.717) is 17.3 Å². The van der Waals surface area contributed by atoms with E-state index < -0.39 is 10.0 Å². The first kappa shape index (κ1) is 22.2. The molecule has 0 aliphatic rings. The number of methoxy groups -OCH3 is 1. The molecular weight excluding hydrogens is 396 g/mol. The van der Waals surface area contributed by atoms with Crippen LogP contribution in [-0.4, -0.2) is 58.4 Å².